The number of nitrogens with two attached hydrogens (primary N) is 2. The van der Waals surface area contributed by atoms with Crippen molar-refractivity contribution in [2.24, 2.45) is 0 Å². The van der Waals surface area contributed by atoms with Crippen LogP contribution in [0, 0.1) is 0 Å². The molecule has 0 amide bonds. The van der Waals surface area contributed by atoms with Gasteiger partial charge in [0.25, 0.3) is 5.95 Å². The van der Waals surface area contributed by atoms with E-state index in [-0.39, 0.29) is 17.6 Å². The standard InChI is InChI=1S/C10H9F3N6O/c11-10(12,13)20-19(6-4-2-1-3-5-6)9-17-7(14)16-8(15)18-9/h1-5H,(H4,14,15,16,17,18). The quantitative estimate of drug-likeness (QED) is 0.826. The van der Waals surface area contributed by atoms with Crippen molar-refractivity contribution >= 4 is 23.5 Å². The molecule has 1 aromatic heterocycles. The van der Waals surface area contributed by atoms with E-state index in [4.69, 9.17) is 11.5 Å². The van der Waals surface area contributed by atoms with Gasteiger partial charge in [0.2, 0.25) is 11.9 Å². The van der Waals surface area contributed by atoms with Gasteiger partial charge in [0.1, 0.15) is 0 Å². The van der Waals surface area contributed by atoms with Gasteiger partial charge in [-0.25, -0.2) is 0 Å². The van der Waals surface area contributed by atoms with E-state index in [9.17, 15) is 13.2 Å². The summed E-state index contributed by atoms with van der Waals surface area (Å²) in [5, 5.41) is 0.369. The molecule has 1 heterocycles. The van der Waals surface area contributed by atoms with Crippen molar-refractivity contribution in [1.29, 1.82) is 0 Å². The Kier molecular flexibility index (Phi) is 3.57. The van der Waals surface area contributed by atoms with Crippen molar-refractivity contribution in [3.8, 4) is 0 Å². The molecule has 0 unspecified atom stereocenters. The fraction of sp³-hybridized carbons (Fsp3) is 0.100. The van der Waals surface area contributed by atoms with Crippen LogP contribution in [-0.2, 0) is 4.84 Å². The van der Waals surface area contributed by atoms with Gasteiger partial charge in [0.15, 0.2) is 0 Å². The molecular weight excluding hydrogens is 277 g/mol. The van der Waals surface area contributed by atoms with Crippen molar-refractivity contribution in [3.05, 3.63) is 30.3 Å². The summed E-state index contributed by atoms with van der Waals surface area (Å²) in [7, 11) is 0. The Morgan fingerprint density at radius 3 is 2.00 bits per heavy atom. The van der Waals surface area contributed by atoms with Crippen LogP contribution in [0.2, 0.25) is 0 Å². The summed E-state index contributed by atoms with van der Waals surface area (Å²) in [5.41, 5.74) is 10.7. The molecule has 7 nitrogen and oxygen atoms in total. The highest BCUT2D eigenvalue weighted by Crippen LogP contribution is 2.29. The first-order chi connectivity index (χ1) is 9.35. The first-order valence-corrected chi connectivity index (χ1v) is 5.23. The fourth-order valence-electron chi connectivity index (χ4n) is 1.36. The Bertz CT molecular complexity index is 571. The molecule has 4 N–H and O–H groups in total. The summed E-state index contributed by atoms with van der Waals surface area (Å²) in [6, 6.07) is 7.43. The van der Waals surface area contributed by atoms with Crippen LogP contribution in [0.4, 0.5) is 36.7 Å². The minimum Gasteiger partial charge on any atom is -0.368 e. The third kappa shape index (κ3) is 3.45. The molecule has 0 saturated heterocycles. The van der Waals surface area contributed by atoms with Gasteiger partial charge in [-0.05, 0) is 12.1 Å². The number of aromatic nitrogens is 3. The number of halogens is 3. The molecule has 0 saturated carbocycles. The molecule has 106 valence electrons. The predicted molar refractivity (Wildman–Crippen MR) is 64.4 cm³/mol. The largest absolute Gasteiger partial charge is 0.544 e. The number of hydrogen-bond acceptors (Lipinski definition) is 7. The lowest BCUT2D eigenvalue weighted by atomic mass is 10.3. The number of nitrogen functional groups attached to an aromatic ring is 2. The van der Waals surface area contributed by atoms with E-state index in [1.807, 2.05) is 0 Å². The Morgan fingerprint density at radius 1 is 0.950 bits per heavy atom. The number of hydrogen-bond donors (Lipinski definition) is 2. The van der Waals surface area contributed by atoms with Crippen molar-refractivity contribution in [1.82, 2.24) is 15.0 Å². The highest BCUT2D eigenvalue weighted by molar-refractivity contribution is 5.55. The maximum absolute atomic E-state index is 12.5. The number of rotatable bonds is 3. The van der Waals surface area contributed by atoms with Gasteiger partial charge in [-0.3, -0.25) is 0 Å². The summed E-state index contributed by atoms with van der Waals surface area (Å²) in [6.07, 6.45) is -4.94. The fourth-order valence-corrected chi connectivity index (χ4v) is 1.36. The molecule has 0 radical (unpaired) electrons. The lowest BCUT2D eigenvalue weighted by Crippen LogP contribution is -2.29. The molecule has 2 aromatic rings. The molecule has 0 aliphatic rings. The van der Waals surface area contributed by atoms with Crippen LogP contribution in [0.1, 0.15) is 0 Å². The van der Waals surface area contributed by atoms with Gasteiger partial charge >= 0.3 is 6.36 Å². The molecule has 0 atom stereocenters. The second-order valence-corrected chi connectivity index (χ2v) is 3.52. The minimum absolute atomic E-state index is 0.0508. The van der Waals surface area contributed by atoms with Crippen molar-refractivity contribution < 1.29 is 18.0 Å². The van der Waals surface area contributed by atoms with Crippen LogP contribution >= 0.6 is 0 Å². The maximum Gasteiger partial charge on any atom is 0.544 e. The molecule has 1 aromatic carbocycles. The molecule has 0 bridgehead atoms. The normalized spacial score (nSPS) is 11.3. The average molecular weight is 286 g/mol. The molecule has 0 fully saturated rings. The third-order valence-corrected chi connectivity index (χ3v) is 2.03. The lowest BCUT2D eigenvalue weighted by molar-refractivity contribution is -0.325. The summed E-state index contributed by atoms with van der Waals surface area (Å²) in [5.74, 6) is -1.11. The molecular formula is C10H9F3N6O. The minimum atomic E-state index is -4.94. The number of para-hydroxylation sites is 1. The van der Waals surface area contributed by atoms with Crippen LogP contribution in [0.15, 0.2) is 30.3 Å². The van der Waals surface area contributed by atoms with E-state index in [0.29, 0.717) is 5.06 Å². The van der Waals surface area contributed by atoms with E-state index >= 15 is 0 Å². The highest BCUT2D eigenvalue weighted by atomic mass is 19.4. The topological polar surface area (TPSA) is 103 Å². The average Bonchev–Trinajstić information content (AvgIpc) is 2.35. The summed E-state index contributed by atoms with van der Waals surface area (Å²) < 4.78 is 37.4. The Balaban J connectivity index is 2.46. The second-order valence-electron chi connectivity index (χ2n) is 3.52. The molecule has 0 spiro atoms. The van der Waals surface area contributed by atoms with Crippen molar-refractivity contribution in [3.63, 3.8) is 0 Å². The van der Waals surface area contributed by atoms with E-state index in [0.717, 1.165) is 0 Å². The zero-order chi connectivity index (χ0) is 14.8. The number of benzene rings is 1. The lowest BCUT2D eigenvalue weighted by Gasteiger charge is -2.22. The highest BCUT2D eigenvalue weighted by Gasteiger charge is 2.35. The smallest absolute Gasteiger partial charge is 0.368 e. The van der Waals surface area contributed by atoms with Crippen LogP contribution in [0.25, 0.3) is 0 Å². The van der Waals surface area contributed by atoms with Gasteiger partial charge in [-0.15, -0.1) is 13.2 Å². The van der Waals surface area contributed by atoms with Gasteiger partial charge in [0.05, 0.1) is 5.69 Å². The number of nitrogens with zero attached hydrogens (tertiary/aromatic N) is 4. The monoisotopic (exact) mass is 286 g/mol. The number of alkyl halides is 3. The molecule has 20 heavy (non-hydrogen) atoms. The van der Waals surface area contributed by atoms with Gasteiger partial charge < -0.3 is 11.5 Å². The van der Waals surface area contributed by atoms with Crippen molar-refractivity contribution in [2.45, 2.75) is 6.36 Å². The Labute approximate surface area is 111 Å². The molecule has 2 rings (SSSR count). The SMILES string of the molecule is Nc1nc(N)nc(N(OC(F)(F)F)c2ccccc2)n1. The third-order valence-electron chi connectivity index (χ3n) is 2.03. The molecule has 0 aliphatic heterocycles. The zero-order valence-electron chi connectivity index (χ0n) is 9.87. The van der Waals surface area contributed by atoms with E-state index in [2.05, 4.69) is 19.8 Å². The predicted octanol–water partition coefficient (Wildman–Crippen LogP) is 1.63. The van der Waals surface area contributed by atoms with Gasteiger partial charge in [-0.2, -0.15) is 24.9 Å². The van der Waals surface area contributed by atoms with E-state index in [1.54, 1.807) is 6.07 Å². The maximum atomic E-state index is 12.5. The summed E-state index contributed by atoms with van der Waals surface area (Å²) >= 11 is 0. The summed E-state index contributed by atoms with van der Waals surface area (Å²) in [6.45, 7) is 0. The Hall–Kier alpha value is -2.62. The molecule has 0 aliphatic carbocycles. The van der Waals surface area contributed by atoms with Gasteiger partial charge in [0, 0.05) is 0 Å². The number of anilines is 4. The Morgan fingerprint density at radius 2 is 1.50 bits per heavy atom. The first-order valence-electron chi connectivity index (χ1n) is 5.23. The zero-order valence-corrected chi connectivity index (χ0v) is 9.87. The van der Waals surface area contributed by atoms with E-state index < -0.39 is 12.3 Å². The summed E-state index contributed by atoms with van der Waals surface area (Å²) in [4.78, 5) is 14.5. The first kappa shape index (κ1) is 13.8. The van der Waals surface area contributed by atoms with Crippen LogP contribution in [-0.4, -0.2) is 21.3 Å². The second kappa shape index (κ2) is 5.17. The van der Waals surface area contributed by atoms with Crippen LogP contribution < -0.4 is 16.5 Å². The molecule has 10 heteroatoms. The van der Waals surface area contributed by atoms with Crippen LogP contribution in [0.3, 0.4) is 0 Å². The van der Waals surface area contributed by atoms with E-state index in [1.165, 1.54) is 24.3 Å². The van der Waals surface area contributed by atoms with Gasteiger partial charge in [-0.1, -0.05) is 18.2 Å². The van der Waals surface area contributed by atoms with Crippen molar-refractivity contribution in [2.75, 3.05) is 16.5 Å². The van der Waals surface area contributed by atoms with Crippen LogP contribution in [0.5, 0.6) is 0 Å².